The lowest BCUT2D eigenvalue weighted by Crippen LogP contribution is -2.31. The minimum atomic E-state index is -0.306. The van der Waals surface area contributed by atoms with Crippen molar-refractivity contribution >= 4 is 23.4 Å². The minimum Gasteiger partial charge on any atom is -0.326 e. The van der Waals surface area contributed by atoms with E-state index in [0.717, 1.165) is 5.69 Å². The van der Waals surface area contributed by atoms with E-state index >= 15 is 0 Å². The molecule has 0 spiro atoms. The molecule has 0 saturated carbocycles. The number of nitrogens with one attached hydrogen (secondary N) is 1. The summed E-state index contributed by atoms with van der Waals surface area (Å²) >= 11 is 0. The van der Waals surface area contributed by atoms with Gasteiger partial charge in [-0.25, -0.2) is 4.68 Å². The Hall–Kier alpha value is -3.88. The van der Waals surface area contributed by atoms with Gasteiger partial charge in [-0.1, -0.05) is 12.1 Å². The predicted molar refractivity (Wildman–Crippen MR) is 98.8 cm³/mol. The van der Waals surface area contributed by atoms with Gasteiger partial charge in [-0.3, -0.25) is 19.3 Å². The van der Waals surface area contributed by atoms with E-state index in [1.807, 2.05) is 0 Å². The van der Waals surface area contributed by atoms with Gasteiger partial charge in [0.15, 0.2) is 0 Å². The number of carbonyl (C=O) groups excluding carboxylic acids is 3. The zero-order valence-corrected chi connectivity index (χ0v) is 14.8. The van der Waals surface area contributed by atoms with Crippen LogP contribution < -0.4 is 5.32 Å². The summed E-state index contributed by atoms with van der Waals surface area (Å²) in [5.41, 5.74) is 2.25. The quantitative estimate of drug-likeness (QED) is 0.656. The van der Waals surface area contributed by atoms with Crippen molar-refractivity contribution in [2.45, 2.75) is 12.8 Å². The van der Waals surface area contributed by atoms with E-state index in [1.54, 1.807) is 48.5 Å². The first-order chi connectivity index (χ1) is 13.6. The van der Waals surface area contributed by atoms with Crippen LogP contribution >= 0.6 is 0 Å². The first-order valence-corrected chi connectivity index (χ1v) is 8.72. The molecule has 3 aromatic rings. The second-order valence-corrected chi connectivity index (χ2v) is 6.26. The largest absolute Gasteiger partial charge is 0.326 e. The van der Waals surface area contributed by atoms with Gasteiger partial charge in [-0.2, -0.15) is 0 Å². The lowest BCUT2D eigenvalue weighted by Gasteiger charge is -2.13. The number of rotatable bonds is 6. The third-order valence-electron chi connectivity index (χ3n) is 4.43. The number of hydrogen-bond donors (Lipinski definition) is 1. The summed E-state index contributed by atoms with van der Waals surface area (Å²) in [5, 5.41) is 13.7. The smallest absolute Gasteiger partial charge is 0.261 e. The van der Waals surface area contributed by atoms with Gasteiger partial charge in [0.05, 0.1) is 16.8 Å². The number of fused-ring (bicyclic) bond motifs is 1. The van der Waals surface area contributed by atoms with Crippen LogP contribution in [0.25, 0.3) is 5.69 Å². The summed E-state index contributed by atoms with van der Waals surface area (Å²) in [5.74, 6) is -0.801. The Labute approximate surface area is 160 Å². The molecule has 0 aliphatic carbocycles. The van der Waals surface area contributed by atoms with Crippen LogP contribution in [-0.4, -0.2) is 49.4 Å². The topological polar surface area (TPSA) is 110 Å². The van der Waals surface area contributed by atoms with Gasteiger partial charge in [0.2, 0.25) is 5.91 Å². The number of aromatic nitrogens is 4. The van der Waals surface area contributed by atoms with Crippen LogP contribution in [0.15, 0.2) is 54.9 Å². The SMILES string of the molecule is O=C(CCCN1C(=O)c2ccccc2C1=O)Nc1ccc(-n2cnnn2)cc1. The molecule has 4 rings (SSSR count). The normalized spacial score (nSPS) is 12.9. The summed E-state index contributed by atoms with van der Waals surface area (Å²) in [4.78, 5) is 37.9. The highest BCUT2D eigenvalue weighted by Gasteiger charge is 2.34. The number of hydrogen-bond acceptors (Lipinski definition) is 6. The van der Waals surface area contributed by atoms with Crippen LogP contribution in [-0.2, 0) is 4.79 Å². The van der Waals surface area contributed by atoms with Crippen LogP contribution in [0.3, 0.4) is 0 Å². The molecule has 0 fully saturated rings. The fourth-order valence-corrected chi connectivity index (χ4v) is 3.04. The van der Waals surface area contributed by atoms with E-state index in [0.29, 0.717) is 23.2 Å². The molecule has 0 radical (unpaired) electrons. The van der Waals surface area contributed by atoms with Gasteiger partial charge in [-0.05, 0) is 53.2 Å². The maximum absolute atomic E-state index is 12.3. The van der Waals surface area contributed by atoms with Gasteiger partial charge in [0, 0.05) is 18.7 Å². The van der Waals surface area contributed by atoms with Gasteiger partial charge >= 0.3 is 0 Å². The van der Waals surface area contributed by atoms with E-state index in [9.17, 15) is 14.4 Å². The van der Waals surface area contributed by atoms with E-state index in [4.69, 9.17) is 0 Å². The lowest BCUT2D eigenvalue weighted by molar-refractivity contribution is -0.116. The van der Waals surface area contributed by atoms with Crippen molar-refractivity contribution in [1.82, 2.24) is 25.1 Å². The number of imide groups is 1. The molecule has 140 valence electrons. The molecule has 2 aromatic carbocycles. The molecule has 0 saturated heterocycles. The van der Waals surface area contributed by atoms with Crippen LogP contribution in [0.4, 0.5) is 5.69 Å². The number of amides is 3. The number of tetrazole rings is 1. The average molecular weight is 376 g/mol. The average Bonchev–Trinajstić information content (AvgIpc) is 3.32. The Morgan fingerprint density at radius 3 is 2.25 bits per heavy atom. The van der Waals surface area contributed by atoms with Gasteiger partial charge < -0.3 is 5.32 Å². The second-order valence-electron chi connectivity index (χ2n) is 6.26. The summed E-state index contributed by atoms with van der Waals surface area (Å²) in [6.45, 7) is 0.206. The molecule has 0 atom stereocenters. The lowest BCUT2D eigenvalue weighted by atomic mass is 10.1. The first kappa shape index (κ1) is 17.5. The van der Waals surface area contributed by atoms with E-state index in [-0.39, 0.29) is 30.7 Å². The summed E-state index contributed by atoms with van der Waals surface area (Å²) in [6.07, 6.45) is 2.06. The highest BCUT2D eigenvalue weighted by atomic mass is 16.2. The summed E-state index contributed by atoms with van der Waals surface area (Å²) in [6, 6.07) is 13.8. The standard InChI is InChI=1S/C19H16N6O3/c26-17(21-13-7-9-14(10-8-13)25-12-20-22-23-25)6-3-11-24-18(27)15-4-1-2-5-16(15)19(24)28/h1-2,4-5,7-10,12H,3,6,11H2,(H,21,26). The molecule has 2 heterocycles. The molecule has 28 heavy (non-hydrogen) atoms. The fourth-order valence-electron chi connectivity index (χ4n) is 3.04. The van der Waals surface area contributed by atoms with Crippen LogP contribution in [0, 0.1) is 0 Å². The first-order valence-electron chi connectivity index (χ1n) is 8.72. The predicted octanol–water partition coefficient (Wildman–Crippen LogP) is 1.68. The third kappa shape index (κ3) is 3.37. The number of anilines is 1. The fraction of sp³-hybridized carbons (Fsp3) is 0.158. The molecule has 0 unspecified atom stereocenters. The molecule has 1 aromatic heterocycles. The van der Waals surface area contributed by atoms with Crippen molar-refractivity contribution in [3.63, 3.8) is 0 Å². The van der Waals surface area contributed by atoms with Crippen molar-refractivity contribution in [3.05, 3.63) is 66.0 Å². The monoisotopic (exact) mass is 376 g/mol. The molecule has 3 amide bonds. The second kappa shape index (κ2) is 7.39. The number of benzene rings is 2. The van der Waals surface area contributed by atoms with E-state index < -0.39 is 0 Å². The van der Waals surface area contributed by atoms with Crippen LogP contribution in [0.1, 0.15) is 33.6 Å². The van der Waals surface area contributed by atoms with Gasteiger partial charge in [-0.15, -0.1) is 5.10 Å². The van der Waals surface area contributed by atoms with E-state index in [1.165, 1.54) is 15.9 Å². The minimum absolute atomic E-state index is 0.188. The zero-order chi connectivity index (χ0) is 19.5. The Morgan fingerprint density at radius 1 is 0.964 bits per heavy atom. The highest BCUT2D eigenvalue weighted by Crippen LogP contribution is 2.22. The third-order valence-corrected chi connectivity index (χ3v) is 4.43. The number of carbonyl (C=O) groups is 3. The van der Waals surface area contributed by atoms with Gasteiger partial charge in [0.25, 0.3) is 11.8 Å². The van der Waals surface area contributed by atoms with Gasteiger partial charge in [0.1, 0.15) is 6.33 Å². The Kier molecular flexibility index (Phi) is 4.63. The Morgan fingerprint density at radius 2 is 1.64 bits per heavy atom. The van der Waals surface area contributed by atoms with Crippen molar-refractivity contribution < 1.29 is 14.4 Å². The Bertz CT molecular complexity index is 995. The molecular formula is C19H16N6O3. The molecule has 0 bridgehead atoms. The molecule has 9 heteroatoms. The molecule has 1 N–H and O–H groups in total. The maximum atomic E-state index is 12.3. The molecule has 1 aliphatic heterocycles. The summed E-state index contributed by atoms with van der Waals surface area (Å²) in [7, 11) is 0. The van der Waals surface area contributed by atoms with Crippen LogP contribution in [0.5, 0.6) is 0 Å². The maximum Gasteiger partial charge on any atom is 0.261 e. The Balaban J connectivity index is 1.28. The van der Waals surface area contributed by atoms with Crippen molar-refractivity contribution in [2.75, 3.05) is 11.9 Å². The zero-order valence-electron chi connectivity index (χ0n) is 14.8. The molecule has 1 aliphatic rings. The summed E-state index contributed by atoms with van der Waals surface area (Å²) < 4.78 is 1.51. The molecular weight excluding hydrogens is 360 g/mol. The van der Waals surface area contributed by atoms with Crippen molar-refractivity contribution in [3.8, 4) is 5.69 Å². The molecule has 9 nitrogen and oxygen atoms in total. The van der Waals surface area contributed by atoms with E-state index in [2.05, 4.69) is 20.8 Å². The van der Waals surface area contributed by atoms with Crippen LogP contribution in [0.2, 0.25) is 0 Å². The van der Waals surface area contributed by atoms with Crippen molar-refractivity contribution in [1.29, 1.82) is 0 Å². The van der Waals surface area contributed by atoms with Crippen molar-refractivity contribution in [2.24, 2.45) is 0 Å². The number of nitrogens with zero attached hydrogens (tertiary/aromatic N) is 5. The highest BCUT2D eigenvalue weighted by molar-refractivity contribution is 6.21.